The second kappa shape index (κ2) is 7.36. The molecule has 1 atom stereocenters. The summed E-state index contributed by atoms with van der Waals surface area (Å²) in [7, 11) is 0. The number of carbonyl (C=O) groups excluding carboxylic acids is 2. The van der Waals surface area contributed by atoms with Crippen molar-refractivity contribution in [1.82, 2.24) is 9.88 Å². The molecule has 0 radical (unpaired) electrons. The summed E-state index contributed by atoms with van der Waals surface area (Å²) < 4.78 is 11.0. The molecule has 0 unspecified atom stereocenters. The van der Waals surface area contributed by atoms with Crippen molar-refractivity contribution in [2.75, 3.05) is 13.1 Å². The number of likely N-dealkylation sites (tertiary alicyclic amines) is 1. The standard InChI is InChI=1S/C18H22N2O4S2/c1-11-14(26-15(19-11)12-6-8-25-10-12)16(21)23-13-5-7-20(9-13)17(22)24-18(2,3)4/h6,8,10,13H,5,7,9H2,1-4H3/t13-/m0/s1. The Balaban J connectivity index is 1.60. The summed E-state index contributed by atoms with van der Waals surface area (Å²) in [4.78, 5) is 31.2. The van der Waals surface area contributed by atoms with Crippen LogP contribution in [0.4, 0.5) is 4.79 Å². The molecule has 1 fully saturated rings. The van der Waals surface area contributed by atoms with E-state index < -0.39 is 5.60 Å². The Morgan fingerprint density at radius 1 is 1.35 bits per heavy atom. The van der Waals surface area contributed by atoms with Crippen molar-refractivity contribution < 1.29 is 19.1 Å². The molecule has 0 saturated carbocycles. The number of hydrogen-bond acceptors (Lipinski definition) is 7. The number of esters is 1. The normalized spacial score (nSPS) is 17.4. The average Bonchev–Trinajstić information content (AvgIpc) is 3.24. The minimum Gasteiger partial charge on any atom is -0.456 e. The molecule has 0 aromatic carbocycles. The zero-order chi connectivity index (χ0) is 18.9. The lowest BCUT2D eigenvalue weighted by atomic mass is 10.2. The van der Waals surface area contributed by atoms with Gasteiger partial charge >= 0.3 is 12.1 Å². The average molecular weight is 395 g/mol. The molecular weight excluding hydrogens is 372 g/mol. The predicted octanol–water partition coefficient (Wildman–Crippen LogP) is 4.35. The van der Waals surface area contributed by atoms with Gasteiger partial charge in [0.25, 0.3) is 0 Å². The first-order chi connectivity index (χ1) is 12.2. The molecule has 0 aliphatic carbocycles. The summed E-state index contributed by atoms with van der Waals surface area (Å²) in [5, 5.41) is 4.80. The maximum absolute atomic E-state index is 12.5. The van der Waals surface area contributed by atoms with Gasteiger partial charge in [0.15, 0.2) is 0 Å². The summed E-state index contributed by atoms with van der Waals surface area (Å²) in [6.07, 6.45) is -0.0777. The van der Waals surface area contributed by atoms with E-state index >= 15 is 0 Å². The Bertz CT molecular complexity index is 793. The molecule has 1 aliphatic heterocycles. The van der Waals surface area contributed by atoms with E-state index in [4.69, 9.17) is 9.47 Å². The minimum absolute atomic E-state index is 0.318. The highest BCUT2D eigenvalue weighted by molar-refractivity contribution is 7.17. The third-order valence-electron chi connectivity index (χ3n) is 3.82. The predicted molar refractivity (Wildman–Crippen MR) is 102 cm³/mol. The molecule has 2 aromatic heterocycles. The molecule has 3 rings (SSSR count). The van der Waals surface area contributed by atoms with Crippen LogP contribution in [0.1, 0.15) is 42.6 Å². The number of ether oxygens (including phenoxy) is 2. The van der Waals surface area contributed by atoms with E-state index in [9.17, 15) is 9.59 Å². The van der Waals surface area contributed by atoms with Crippen molar-refractivity contribution in [3.8, 4) is 10.6 Å². The van der Waals surface area contributed by atoms with Crippen molar-refractivity contribution in [3.05, 3.63) is 27.4 Å². The summed E-state index contributed by atoms with van der Waals surface area (Å²) in [5.41, 5.74) is 1.14. The van der Waals surface area contributed by atoms with Gasteiger partial charge in [0.2, 0.25) is 0 Å². The van der Waals surface area contributed by atoms with Crippen LogP contribution in [0.5, 0.6) is 0 Å². The molecular formula is C18H22N2O4S2. The van der Waals surface area contributed by atoms with Crippen LogP contribution >= 0.6 is 22.7 Å². The van der Waals surface area contributed by atoms with Crippen LogP contribution in [0.3, 0.4) is 0 Å². The first-order valence-corrected chi connectivity index (χ1v) is 10.2. The van der Waals surface area contributed by atoms with Gasteiger partial charge in [-0.05, 0) is 39.1 Å². The van der Waals surface area contributed by atoms with Gasteiger partial charge in [-0.15, -0.1) is 11.3 Å². The van der Waals surface area contributed by atoms with E-state index in [1.807, 2.05) is 44.5 Å². The van der Waals surface area contributed by atoms with E-state index in [1.54, 1.807) is 16.2 Å². The van der Waals surface area contributed by atoms with Gasteiger partial charge in [-0.1, -0.05) is 0 Å². The minimum atomic E-state index is -0.538. The van der Waals surface area contributed by atoms with Crippen LogP contribution in [0.2, 0.25) is 0 Å². The number of thiophene rings is 1. The second-order valence-corrected chi connectivity index (χ2v) is 8.97. The largest absolute Gasteiger partial charge is 0.456 e. The van der Waals surface area contributed by atoms with Gasteiger partial charge in [-0.2, -0.15) is 11.3 Å². The molecule has 6 nitrogen and oxygen atoms in total. The molecule has 26 heavy (non-hydrogen) atoms. The number of thiazole rings is 1. The van der Waals surface area contributed by atoms with Gasteiger partial charge in [0, 0.05) is 23.9 Å². The number of carbonyl (C=O) groups is 2. The van der Waals surface area contributed by atoms with E-state index in [0.29, 0.717) is 30.1 Å². The highest BCUT2D eigenvalue weighted by Gasteiger charge is 2.32. The Hall–Kier alpha value is -1.93. The molecule has 2 aromatic rings. The smallest absolute Gasteiger partial charge is 0.410 e. The Morgan fingerprint density at radius 2 is 2.12 bits per heavy atom. The first-order valence-electron chi connectivity index (χ1n) is 8.42. The first kappa shape index (κ1) is 18.8. The van der Waals surface area contributed by atoms with Gasteiger partial charge in [-0.25, -0.2) is 14.6 Å². The monoisotopic (exact) mass is 394 g/mol. The van der Waals surface area contributed by atoms with Gasteiger partial charge in [-0.3, -0.25) is 0 Å². The fourth-order valence-electron chi connectivity index (χ4n) is 2.62. The van der Waals surface area contributed by atoms with E-state index in [2.05, 4.69) is 4.98 Å². The lowest BCUT2D eigenvalue weighted by Crippen LogP contribution is -2.36. The molecule has 3 heterocycles. The van der Waals surface area contributed by atoms with E-state index in [0.717, 1.165) is 10.6 Å². The van der Waals surface area contributed by atoms with Crippen LogP contribution in [-0.4, -0.2) is 46.7 Å². The number of nitrogens with zero attached hydrogens (tertiary/aromatic N) is 2. The molecule has 1 saturated heterocycles. The fourth-order valence-corrected chi connectivity index (χ4v) is 4.28. The molecule has 8 heteroatoms. The van der Waals surface area contributed by atoms with Gasteiger partial charge in [0.1, 0.15) is 21.6 Å². The van der Waals surface area contributed by atoms with E-state index in [-0.39, 0.29) is 18.2 Å². The SMILES string of the molecule is Cc1nc(-c2ccsc2)sc1C(=O)O[C@H]1CCN(C(=O)OC(C)(C)C)C1. The number of aryl methyl sites for hydroxylation is 1. The summed E-state index contributed by atoms with van der Waals surface area (Å²) in [6.45, 7) is 8.18. The molecule has 140 valence electrons. The fraction of sp³-hybridized carbons (Fsp3) is 0.500. The number of aromatic nitrogens is 1. The van der Waals surface area contributed by atoms with Crippen molar-refractivity contribution in [2.24, 2.45) is 0 Å². The topological polar surface area (TPSA) is 68.7 Å². The summed E-state index contributed by atoms with van der Waals surface area (Å²) >= 11 is 2.93. The Labute approximate surface area is 160 Å². The van der Waals surface area contributed by atoms with Crippen molar-refractivity contribution in [2.45, 2.75) is 45.8 Å². The molecule has 0 spiro atoms. The number of rotatable bonds is 3. The Morgan fingerprint density at radius 3 is 2.77 bits per heavy atom. The molecule has 1 amide bonds. The molecule has 0 N–H and O–H groups in total. The van der Waals surface area contributed by atoms with Crippen LogP contribution in [0.25, 0.3) is 10.6 Å². The van der Waals surface area contributed by atoms with Crippen LogP contribution in [0.15, 0.2) is 16.8 Å². The molecule has 0 bridgehead atoms. The lowest BCUT2D eigenvalue weighted by molar-refractivity contribution is 0.0193. The second-order valence-electron chi connectivity index (χ2n) is 7.19. The highest BCUT2D eigenvalue weighted by atomic mass is 32.1. The van der Waals surface area contributed by atoms with Gasteiger partial charge < -0.3 is 14.4 Å². The maximum Gasteiger partial charge on any atom is 0.410 e. The third-order valence-corrected chi connectivity index (χ3v) is 5.69. The van der Waals surface area contributed by atoms with Crippen LogP contribution in [0, 0.1) is 6.92 Å². The summed E-state index contributed by atoms with van der Waals surface area (Å²) in [5.74, 6) is -0.377. The maximum atomic E-state index is 12.5. The zero-order valence-electron chi connectivity index (χ0n) is 15.3. The van der Waals surface area contributed by atoms with Crippen LogP contribution < -0.4 is 0 Å². The van der Waals surface area contributed by atoms with Crippen molar-refractivity contribution in [3.63, 3.8) is 0 Å². The van der Waals surface area contributed by atoms with Crippen molar-refractivity contribution in [1.29, 1.82) is 0 Å². The van der Waals surface area contributed by atoms with Crippen molar-refractivity contribution >= 4 is 34.7 Å². The van der Waals surface area contributed by atoms with E-state index in [1.165, 1.54) is 11.3 Å². The number of hydrogen-bond donors (Lipinski definition) is 0. The third kappa shape index (κ3) is 4.42. The lowest BCUT2D eigenvalue weighted by Gasteiger charge is -2.24. The quantitative estimate of drug-likeness (QED) is 0.724. The highest BCUT2D eigenvalue weighted by Crippen LogP contribution is 2.30. The summed E-state index contributed by atoms with van der Waals surface area (Å²) in [6, 6.07) is 1.98. The number of amides is 1. The van der Waals surface area contributed by atoms with Crippen LogP contribution in [-0.2, 0) is 9.47 Å². The zero-order valence-corrected chi connectivity index (χ0v) is 16.9. The molecule has 1 aliphatic rings. The van der Waals surface area contributed by atoms with Gasteiger partial charge in [0.05, 0.1) is 12.2 Å². The Kier molecular flexibility index (Phi) is 5.34.